The van der Waals surface area contributed by atoms with Crippen LogP contribution in [0.3, 0.4) is 0 Å². The molecular formula is C35H34O2. The van der Waals surface area contributed by atoms with Crippen LogP contribution in [0, 0.1) is 0 Å². The van der Waals surface area contributed by atoms with Gasteiger partial charge >= 0.3 is 0 Å². The Morgan fingerprint density at radius 3 is 1.43 bits per heavy atom. The standard InChI is InChI=1S/C35H34O2/c1-3-37-29-14-8-25(9-15-29)27-11-17-31-30-16-10-26(24-6-12-28(36-2)13-7-24)22-32(30)34-18-4-20-35(34,21-5-19-34)33(31)23-27/h6-17,22-23H,3-5,18-21H2,1-2H3. The van der Waals surface area contributed by atoms with Crippen LogP contribution in [-0.4, -0.2) is 13.7 Å². The Morgan fingerprint density at radius 1 is 0.568 bits per heavy atom. The first kappa shape index (κ1) is 22.7. The van der Waals surface area contributed by atoms with Gasteiger partial charge in [0.2, 0.25) is 0 Å². The molecule has 2 nitrogen and oxygen atoms in total. The second-order valence-electron chi connectivity index (χ2n) is 11.1. The van der Waals surface area contributed by atoms with Crippen LogP contribution in [0.2, 0.25) is 0 Å². The molecule has 3 aliphatic rings. The molecule has 0 amide bonds. The van der Waals surface area contributed by atoms with E-state index in [2.05, 4.69) is 84.9 Å². The minimum Gasteiger partial charge on any atom is -0.497 e. The summed E-state index contributed by atoms with van der Waals surface area (Å²) in [6.07, 6.45) is 7.85. The monoisotopic (exact) mass is 486 g/mol. The maximum atomic E-state index is 5.68. The Balaban J connectivity index is 1.38. The fraction of sp³-hybridized carbons (Fsp3) is 0.314. The Labute approximate surface area is 220 Å². The van der Waals surface area contributed by atoms with Gasteiger partial charge in [0, 0.05) is 10.8 Å². The molecule has 2 saturated carbocycles. The quantitative estimate of drug-likeness (QED) is 0.280. The van der Waals surface area contributed by atoms with Crippen LogP contribution in [0.15, 0.2) is 84.9 Å². The number of benzene rings is 4. The summed E-state index contributed by atoms with van der Waals surface area (Å²) in [5.41, 5.74) is 11.8. The van der Waals surface area contributed by atoms with Crippen molar-refractivity contribution in [3.63, 3.8) is 0 Å². The van der Waals surface area contributed by atoms with Crippen LogP contribution in [0.1, 0.15) is 56.6 Å². The summed E-state index contributed by atoms with van der Waals surface area (Å²) < 4.78 is 11.1. The van der Waals surface area contributed by atoms with Gasteiger partial charge in [-0.15, -0.1) is 0 Å². The van der Waals surface area contributed by atoms with Gasteiger partial charge < -0.3 is 9.47 Å². The van der Waals surface area contributed by atoms with E-state index in [9.17, 15) is 0 Å². The topological polar surface area (TPSA) is 18.5 Å². The highest BCUT2D eigenvalue weighted by Crippen LogP contribution is 2.69. The van der Waals surface area contributed by atoms with Crippen molar-refractivity contribution in [1.82, 2.24) is 0 Å². The fourth-order valence-electron chi connectivity index (χ4n) is 8.05. The van der Waals surface area contributed by atoms with E-state index in [0.29, 0.717) is 6.61 Å². The Bertz CT molecular complexity index is 1450. The fourth-order valence-corrected chi connectivity index (χ4v) is 8.05. The lowest BCUT2D eigenvalue weighted by atomic mass is 9.55. The molecule has 2 fully saturated rings. The number of methoxy groups -OCH3 is 1. The van der Waals surface area contributed by atoms with Crippen LogP contribution in [-0.2, 0) is 10.8 Å². The summed E-state index contributed by atoms with van der Waals surface area (Å²) in [6, 6.07) is 31.7. The smallest absolute Gasteiger partial charge is 0.119 e. The summed E-state index contributed by atoms with van der Waals surface area (Å²) in [7, 11) is 1.73. The minimum absolute atomic E-state index is 0.259. The predicted octanol–water partition coefficient (Wildman–Crippen LogP) is 8.95. The molecule has 0 aliphatic heterocycles. The van der Waals surface area contributed by atoms with Crippen molar-refractivity contribution < 1.29 is 9.47 Å². The Hall–Kier alpha value is -3.52. The Kier molecular flexibility index (Phi) is 5.22. The normalized spacial score (nSPS) is 23.1. The van der Waals surface area contributed by atoms with Gasteiger partial charge in [0.05, 0.1) is 13.7 Å². The molecule has 0 aromatic heterocycles. The first-order valence-electron chi connectivity index (χ1n) is 13.8. The molecular weight excluding hydrogens is 452 g/mol. The molecule has 4 aromatic rings. The van der Waals surface area contributed by atoms with Crippen molar-refractivity contribution in [3.05, 3.63) is 96.1 Å². The second kappa shape index (κ2) is 8.52. The highest BCUT2D eigenvalue weighted by atomic mass is 16.5. The predicted molar refractivity (Wildman–Crippen MR) is 152 cm³/mol. The van der Waals surface area contributed by atoms with Gasteiger partial charge in [-0.2, -0.15) is 0 Å². The van der Waals surface area contributed by atoms with Crippen molar-refractivity contribution in [1.29, 1.82) is 0 Å². The van der Waals surface area contributed by atoms with E-state index in [-0.39, 0.29) is 10.8 Å². The van der Waals surface area contributed by atoms with E-state index in [1.807, 2.05) is 6.92 Å². The first-order chi connectivity index (χ1) is 18.2. The SMILES string of the molecule is CCOc1ccc(-c2ccc3c(c2)C24CCCC2(CCC4)c2cc(-c4ccc(OC)cc4)ccc2-3)cc1. The van der Waals surface area contributed by atoms with E-state index in [4.69, 9.17) is 9.47 Å². The zero-order chi connectivity index (χ0) is 25.0. The summed E-state index contributed by atoms with van der Waals surface area (Å²) in [5, 5.41) is 0. The molecule has 3 aliphatic carbocycles. The molecule has 0 unspecified atom stereocenters. The van der Waals surface area contributed by atoms with Crippen LogP contribution in [0.4, 0.5) is 0 Å². The number of rotatable bonds is 5. The second-order valence-corrected chi connectivity index (χ2v) is 11.1. The van der Waals surface area contributed by atoms with Crippen LogP contribution >= 0.6 is 0 Å². The molecule has 0 heterocycles. The summed E-state index contributed by atoms with van der Waals surface area (Å²) in [6.45, 7) is 2.73. The van der Waals surface area contributed by atoms with E-state index in [1.165, 1.54) is 71.9 Å². The number of hydrogen-bond acceptors (Lipinski definition) is 2. The van der Waals surface area contributed by atoms with Gasteiger partial charge in [-0.1, -0.05) is 61.4 Å². The van der Waals surface area contributed by atoms with Crippen molar-refractivity contribution >= 4 is 0 Å². The molecule has 0 atom stereocenters. The molecule has 0 spiro atoms. The summed E-state index contributed by atoms with van der Waals surface area (Å²) >= 11 is 0. The molecule has 0 saturated heterocycles. The van der Waals surface area contributed by atoms with E-state index in [0.717, 1.165) is 11.5 Å². The van der Waals surface area contributed by atoms with Gasteiger partial charge in [-0.25, -0.2) is 0 Å². The molecule has 186 valence electrons. The van der Waals surface area contributed by atoms with Gasteiger partial charge in [-0.05, 0) is 114 Å². The molecule has 7 rings (SSSR count). The van der Waals surface area contributed by atoms with Crippen molar-refractivity contribution in [2.24, 2.45) is 0 Å². The van der Waals surface area contributed by atoms with Crippen LogP contribution in [0.5, 0.6) is 11.5 Å². The molecule has 0 radical (unpaired) electrons. The van der Waals surface area contributed by atoms with Gasteiger partial charge in [0.1, 0.15) is 11.5 Å². The average molecular weight is 487 g/mol. The molecule has 0 bridgehead atoms. The maximum Gasteiger partial charge on any atom is 0.119 e. The summed E-state index contributed by atoms with van der Waals surface area (Å²) in [4.78, 5) is 0. The van der Waals surface area contributed by atoms with Crippen LogP contribution in [0.25, 0.3) is 33.4 Å². The van der Waals surface area contributed by atoms with E-state index in [1.54, 1.807) is 18.2 Å². The van der Waals surface area contributed by atoms with Gasteiger partial charge in [0.15, 0.2) is 0 Å². The molecule has 4 aromatic carbocycles. The Morgan fingerprint density at radius 2 is 1.00 bits per heavy atom. The third-order valence-corrected chi connectivity index (χ3v) is 9.61. The summed E-state index contributed by atoms with van der Waals surface area (Å²) in [5.74, 6) is 1.85. The zero-order valence-electron chi connectivity index (χ0n) is 21.8. The van der Waals surface area contributed by atoms with Gasteiger partial charge in [-0.3, -0.25) is 0 Å². The first-order valence-corrected chi connectivity index (χ1v) is 13.8. The lowest BCUT2D eigenvalue weighted by molar-refractivity contribution is 0.299. The van der Waals surface area contributed by atoms with Crippen molar-refractivity contribution in [3.8, 4) is 44.9 Å². The third-order valence-electron chi connectivity index (χ3n) is 9.61. The largest absolute Gasteiger partial charge is 0.497 e. The van der Waals surface area contributed by atoms with Crippen LogP contribution < -0.4 is 9.47 Å². The lowest BCUT2D eigenvalue weighted by Crippen LogP contribution is -2.43. The maximum absolute atomic E-state index is 5.68. The molecule has 37 heavy (non-hydrogen) atoms. The highest BCUT2D eigenvalue weighted by molar-refractivity contribution is 5.84. The number of hydrogen-bond donors (Lipinski definition) is 0. The van der Waals surface area contributed by atoms with Crippen molar-refractivity contribution in [2.75, 3.05) is 13.7 Å². The third kappa shape index (κ3) is 3.24. The van der Waals surface area contributed by atoms with E-state index >= 15 is 0 Å². The highest BCUT2D eigenvalue weighted by Gasteiger charge is 2.62. The number of fused-ring (bicyclic) bond motifs is 3. The average Bonchev–Trinajstić information content (AvgIpc) is 3.52. The molecule has 0 N–H and O–H groups in total. The van der Waals surface area contributed by atoms with Crippen molar-refractivity contribution in [2.45, 2.75) is 56.3 Å². The zero-order valence-corrected chi connectivity index (χ0v) is 21.8. The van der Waals surface area contributed by atoms with Gasteiger partial charge in [0.25, 0.3) is 0 Å². The lowest BCUT2D eigenvalue weighted by Gasteiger charge is -2.48. The van der Waals surface area contributed by atoms with E-state index < -0.39 is 0 Å². The molecule has 2 heteroatoms. The minimum atomic E-state index is 0.259. The number of ether oxygens (including phenoxy) is 2.